The highest BCUT2D eigenvalue weighted by Gasteiger charge is 2.27. The number of hydrogen-bond donors (Lipinski definition) is 2. The van der Waals surface area contributed by atoms with Gasteiger partial charge < -0.3 is 15.8 Å². The van der Waals surface area contributed by atoms with Crippen LogP contribution < -0.4 is 11.1 Å². The lowest BCUT2D eigenvalue weighted by atomic mass is 9.91. The highest BCUT2D eigenvalue weighted by Crippen LogP contribution is 2.22. The molecule has 1 aromatic heterocycles. The Morgan fingerprint density at radius 2 is 2.25 bits per heavy atom. The normalized spacial score (nSPS) is 19.9. The van der Waals surface area contributed by atoms with Crippen molar-refractivity contribution in [3.05, 3.63) is 20.8 Å². The summed E-state index contributed by atoms with van der Waals surface area (Å²) in [5.74, 6) is 0. The Kier molecular flexibility index (Phi) is 4.38. The minimum absolute atomic E-state index is 0.0814. The fourth-order valence-corrected chi connectivity index (χ4v) is 3.29. The molecular formula is C11H17BrN2OS. The number of nitrogens with two attached hydrogens (primary N) is 1. The van der Waals surface area contributed by atoms with Crippen LogP contribution in [-0.2, 0) is 11.3 Å². The zero-order chi connectivity index (χ0) is 11.4. The molecule has 0 saturated carbocycles. The Morgan fingerprint density at radius 3 is 2.88 bits per heavy atom. The third-order valence-electron chi connectivity index (χ3n) is 2.94. The molecule has 3 N–H and O–H groups in total. The molecule has 0 amide bonds. The van der Waals surface area contributed by atoms with Crippen LogP contribution in [0.5, 0.6) is 0 Å². The fourth-order valence-electron chi connectivity index (χ4n) is 1.83. The maximum Gasteiger partial charge on any atom is 0.0484 e. The monoisotopic (exact) mass is 304 g/mol. The van der Waals surface area contributed by atoms with Gasteiger partial charge in [0, 0.05) is 41.2 Å². The number of ether oxygens (including phenoxy) is 1. The van der Waals surface area contributed by atoms with Crippen molar-refractivity contribution >= 4 is 27.3 Å². The van der Waals surface area contributed by atoms with E-state index < -0.39 is 0 Å². The van der Waals surface area contributed by atoms with Crippen molar-refractivity contribution in [3.8, 4) is 0 Å². The second-order valence-electron chi connectivity index (χ2n) is 4.27. The molecule has 2 heterocycles. The van der Waals surface area contributed by atoms with Gasteiger partial charge in [0.05, 0.1) is 0 Å². The van der Waals surface area contributed by atoms with Crippen LogP contribution >= 0.6 is 27.3 Å². The second kappa shape index (κ2) is 5.60. The first kappa shape index (κ1) is 12.5. The molecular weight excluding hydrogens is 288 g/mol. The Morgan fingerprint density at radius 1 is 1.50 bits per heavy atom. The van der Waals surface area contributed by atoms with Crippen LogP contribution in [0.1, 0.15) is 17.7 Å². The van der Waals surface area contributed by atoms with Gasteiger partial charge in [0.1, 0.15) is 0 Å². The summed E-state index contributed by atoms with van der Waals surface area (Å²) in [6.07, 6.45) is 1.90. The number of halogens is 1. The summed E-state index contributed by atoms with van der Waals surface area (Å²) in [7, 11) is 0. The molecule has 5 heteroatoms. The molecule has 0 atom stereocenters. The van der Waals surface area contributed by atoms with Crippen LogP contribution in [0.3, 0.4) is 0 Å². The van der Waals surface area contributed by atoms with Gasteiger partial charge in [-0.25, -0.2) is 0 Å². The molecule has 0 bridgehead atoms. The predicted molar refractivity (Wildman–Crippen MR) is 70.7 cm³/mol. The summed E-state index contributed by atoms with van der Waals surface area (Å²) in [6.45, 7) is 3.33. The van der Waals surface area contributed by atoms with Crippen molar-refractivity contribution in [2.24, 2.45) is 5.73 Å². The molecule has 3 nitrogen and oxygen atoms in total. The van der Waals surface area contributed by atoms with Gasteiger partial charge in [0.25, 0.3) is 0 Å². The van der Waals surface area contributed by atoms with Gasteiger partial charge in [-0.1, -0.05) is 0 Å². The molecule has 16 heavy (non-hydrogen) atoms. The van der Waals surface area contributed by atoms with Gasteiger partial charge in [-0.2, -0.15) is 0 Å². The maximum atomic E-state index is 6.29. The summed E-state index contributed by atoms with van der Waals surface area (Å²) in [4.78, 5) is 1.33. The number of rotatable bonds is 4. The van der Waals surface area contributed by atoms with E-state index in [0.29, 0.717) is 0 Å². The highest BCUT2D eigenvalue weighted by atomic mass is 79.9. The van der Waals surface area contributed by atoms with E-state index in [0.717, 1.165) is 39.1 Å². The lowest BCUT2D eigenvalue weighted by molar-refractivity contribution is 0.0531. The van der Waals surface area contributed by atoms with E-state index in [2.05, 4.69) is 32.7 Å². The fraction of sp³-hybridized carbons (Fsp3) is 0.636. The lowest BCUT2D eigenvalue weighted by Crippen LogP contribution is -2.52. The Bertz CT molecular complexity index is 336. The number of nitrogens with one attached hydrogen (secondary N) is 1. The van der Waals surface area contributed by atoms with Gasteiger partial charge >= 0.3 is 0 Å². The van der Waals surface area contributed by atoms with E-state index in [1.807, 2.05) is 0 Å². The lowest BCUT2D eigenvalue weighted by Gasteiger charge is -2.33. The zero-order valence-corrected chi connectivity index (χ0v) is 11.6. The van der Waals surface area contributed by atoms with Crippen LogP contribution in [0.2, 0.25) is 0 Å². The van der Waals surface area contributed by atoms with Crippen molar-refractivity contribution < 1.29 is 4.74 Å². The summed E-state index contributed by atoms with van der Waals surface area (Å²) in [5.41, 5.74) is 6.20. The molecule has 90 valence electrons. The van der Waals surface area contributed by atoms with Crippen LogP contribution in [0.4, 0.5) is 0 Å². The van der Waals surface area contributed by atoms with E-state index in [1.165, 1.54) is 9.35 Å². The van der Waals surface area contributed by atoms with Crippen molar-refractivity contribution in [2.45, 2.75) is 24.9 Å². The first-order chi connectivity index (χ1) is 7.70. The van der Waals surface area contributed by atoms with Gasteiger partial charge in [-0.05, 0) is 40.2 Å². The molecule has 0 unspecified atom stereocenters. The van der Waals surface area contributed by atoms with Gasteiger partial charge in [-0.15, -0.1) is 11.3 Å². The molecule has 1 aliphatic rings. The Hall–Kier alpha value is 0.0600. The standard InChI is InChI=1S/C11H17BrN2OS/c12-9-1-6-16-10(9)7-14-8-11(13)2-4-15-5-3-11/h1,6,14H,2-5,7-8,13H2. The van der Waals surface area contributed by atoms with Crippen LogP contribution in [0.25, 0.3) is 0 Å². The molecule has 0 aliphatic carbocycles. The summed E-state index contributed by atoms with van der Waals surface area (Å²) in [5, 5.41) is 5.53. The third-order valence-corrected chi connectivity index (χ3v) is 4.87. The van der Waals surface area contributed by atoms with Crippen LogP contribution in [-0.4, -0.2) is 25.3 Å². The maximum absolute atomic E-state index is 6.29. The molecule has 1 fully saturated rings. The van der Waals surface area contributed by atoms with Crippen molar-refractivity contribution in [2.75, 3.05) is 19.8 Å². The van der Waals surface area contributed by atoms with E-state index in [9.17, 15) is 0 Å². The number of hydrogen-bond acceptors (Lipinski definition) is 4. The average Bonchev–Trinajstić information content (AvgIpc) is 2.65. The smallest absolute Gasteiger partial charge is 0.0484 e. The minimum atomic E-state index is -0.0814. The molecule has 1 aliphatic heterocycles. The summed E-state index contributed by atoms with van der Waals surface area (Å²) >= 11 is 5.29. The topological polar surface area (TPSA) is 47.3 Å². The Labute approximate surface area is 108 Å². The van der Waals surface area contributed by atoms with Gasteiger partial charge in [-0.3, -0.25) is 0 Å². The third kappa shape index (κ3) is 3.28. The van der Waals surface area contributed by atoms with Crippen LogP contribution in [0.15, 0.2) is 15.9 Å². The molecule has 2 rings (SSSR count). The van der Waals surface area contributed by atoms with E-state index in [1.54, 1.807) is 11.3 Å². The molecule has 0 radical (unpaired) electrons. The van der Waals surface area contributed by atoms with Gasteiger partial charge in [0.2, 0.25) is 0 Å². The van der Waals surface area contributed by atoms with E-state index in [4.69, 9.17) is 10.5 Å². The molecule has 0 aromatic carbocycles. The van der Waals surface area contributed by atoms with Crippen LogP contribution in [0, 0.1) is 0 Å². The quantitative estimate of drug-likeness (QED) is 0.895. The first-order valence-electron chi connectivity index (χ1n) is 5.49. The van der Waals surface area contributed by atoms with E-state index in [-0.39, 0.29) is 5.54 Å². The number of thiophene rings is 1. The van der Waals surface area contributed by atoms with E-state index >= 15 is 0 Å². The van der Waals surface area contributed by atoms with Gasteiger partial charge in [0.15, 0.2) is 0 Å². The molecule has 1 aromatic rings. The Balaban J connectivity index is 1.77. The largest absolute Gasteiger partial charge is 0.381 e. The zero-order valence-electron chi connectivity index (χ0n) is 9.17. The second-order valence-corrected chi connectivity index (χ2v) is 6.13. The summed E-state index contributed by atoms with van der Waals surface area (Å²) < 4.78 is 6.51. The average molecular weight is 305 g/mol. The minimum Gasteiger partial charge on any atom is -0.381 e. The van der Waals surface area contributed by atoms with Crippen molar-refractivity contribution in [1.82, 2.24) is 5.32 Å². The predicted octanol–water partition coefficient (Wildman–Crippen LogP) is 2.11. The first-order valence-corrected chi connectivity index (χ1v) is 7.16. The van der Waals surface area contributed by atoms with Crippen molar-refractivity contribution in [1.29, 1.82) is 0 Å². The molecule has 0 spiro atoms. The SMILES string of the molecule is NC1(CNCc2sccc2Br)CCOCC1. The highest BCUT2D eigenvalue weighted by molar-refractivity contribution is 9.10. The molecule has 1 saturated heterocycles. The van der Waals surface area contributed by atoms with Crippen molar-refractivity contribution in [3.63, 3.8) is 0 Å². The summed E-state index contributed by atoms with van der Waals surface area (Å²) in [6, 6.07) is 2.08.